The third kappa shape index (κ3) is 6.17. The van der Waals surface area contributed by atoms with Gasteiger partial charge in [-0.25, -0.2) is 4.79 Å². The quantitative estimate of drug-likeness (QED) is 0.555. The van der Waals surface area contributed by atoms with Crippen molar-refractivity contribution in [2.75, 3.05) is 32.7 Å². The molecule has 4 heteroatoms. The van der Waals surface area contributed by atoms with Crippen LogP contribution in [0.3, 0.4) is 0 Å². The fourth-order valence-corrected chi connectivity index (χ4v) is 1.95. The Morgan fingerprint density at radius 2 is 1.90 bits per heavy atom. The topological polar surface area (TPSA) is 41.6 Å². The second kappa shape index (κ2) is 9.50. The van der Waals surface area contributed by atoms with E-state index in [9.17, 15) is 4.79 Å². The van der Waals surface area contributed by atoms with Gasteiger partial charge in [0.05, 0.1) is 5.56 Å². The number of hydrogen-bond donors (Lipinski definition) is 1. The molecule has 0 aliphatic rings. The van der Waals surface area contributed by atoms with Crippen molar-refractivity contribution in [2.45, 2.75) is 26.9 Å². The van der Waals surface area contributed by atoms with Crippen molar-refractivity contribution in [3.05, 3.63) is 35.9 Å². The summed E-state index contributed by atoms with van der Waals surface area (Å²) in [7, 11) is 0. The lowest BCUT2D eigenvalue weighted by Crippen LogP contribution is -2.35. The zero-order valence-electron chi connectivity index (χ0n) is 12.8. The summed E-state index contributed by atoms with van der Waals surface area (Å²) in [6.07, 6.45) is -0.126. The Bertz CT molecular complexity index is 377. The number of ether oxygens (including phenoxy) is 1. The summed E-state index contributed by atoms with van der Waals surface area (Å²) in [5.41, 5.74) is 0.600. The first-order valence-electron chi connectivity index (χ1n) is 7.36. The average Bonchev–Trinajstić information content (AvgIpc) is 2.48. The number of likely N-dealkylation sites (N-methyl/N-ethyl adjacent to an activating group) is 1. The van der Waals surface area contributed by atoms with Crippen LogP contribution in [-0.2, 0) is 4.74 Å². The van der Waals surface area contributed by atoms with Gasteiger partial charge < -0.3 is 15.0 Å². The smallest absolute Gasteiger partial charge is 0.338 e. The van der Waals surface area contributed by atoms with Gasteiger partial charge in [-0.2, -0.15) is 0 Å². The lowest BCUT2D eigenvalue weighted by molar-refractivity contribution is 0.0342. The van der Waals surface area contributed by atoms with E-state index in [1.54, 1.807) is 12.1 Å². The molecule has 0 saturated carbocycles. The van der Waals surface area contributed by atoms with E-state index in [2.05, 4.69) is 24.1 Å². The summed E-state index contributed by atoms with van der Waals surface area (Å²) >= 11 is 0. The summed E-state index contributed by atoms with van der Waals surface area (Å²) in [6.45, 7) is 11.0. The largest absolute Gasteiger partial charge is 0.458 e. The molecule has 0 radical (unpaired) electrons. The number of carbonyl (C=O) groups excluding carboxylic acids is 1. The first-order valence-corrected chi connectivity index (χ1v) is 7.36. The minimum Gasteiger partial charge on any atom is -0.458 e. The van der Waals surface area contributed by atoms with Gasteiger partial charge in [-0.1, -0.05) is 32.0 Å². The van der Waals surface area contributed by atoms with E-state index in [1.807, 2.05) is 25.1 Å². The van der Waals surface area contributed by atoms with Gasteiger partial charge in [0.2, 0.25) is 0 Å². The number of hydrogen-bond acceptors (Lipinski definition) is 4. The van der Waals surface area contributed by atoms with Crippen LogP contribution in [0.2, 0.25) is 0 Å². The van der Waals surface area contributed by atoms with Crippen LogP contribution >= 0.6 is 0 Å². The summed E-state index contributed by atoms with van der Waals surface area (Å²) < 4.78 is 5.38. The van der Waals surface area contributed by atoms with E-state index >= 15 is 0 Å². The Balaban J connectivity index is 2.20. The standard InChI is InChI=1S/C16H26N2O2/c1-4-18(5-2)12-11-17-13-14(3)20-16(19)15-9-7-6-8-10-15/h6-10,14,17H,4-5,11-13H2,1-3H3. The third-order valence-electron chi connectivity index (χ3n) is 3.25. The molecule has 1 atom stereocenters. The highest BCUT2D eigenvalue weighted by Gasteiger charge is 2.11. The van der Waals surface area contributed by atoms with E-state index < -0.39 is 0 Å². The molecule has 1 unspecified atom stereocenters. The van der Waals surface area contributed by atoms with Gasteiger partial charge in [-0.05, 0) is 32.1 Å². The fraction of sp³-hybridized carbons (Fsp3) is 0.562. The Morgan fingerprint density at radius 3 is 2.50 bits per heavy atom. The van der Waals surface area contributed by atoms with Gasteiger partial charge in [-0.3, -0.25) is 0 Å². The van der Waals surface area contributed by atoms with Crippen molar-refractivity contribution in [3.63, 3.8) is 0 Å². The first kappa shape index (κ1) is 16.7. The summed E-state index contributed by atoms with van der Waals surface area (Å²) in [6, 6.07) is 9.09. The van der Waals surface area contributed by atoms with E-state index in [4.69, 9.17) is 4.74 Å². The molecule has 0 spiro atoms. The summed E-state index contributed by atoms with van der Waals surface area (Å²) in [4.78, 5) is 14.2. The van der Waals surface area contributed by atoms with Crippen LogP contribution in [0.1, 0.15) is 31.1 Å². The van der Waals surface area contributed by atoms with Crippen molar-refractivity contribution >= 4 is 5.97 Å². The van der Waals surface area contributed by atoms with Crippen LogP contribution in [0.25, 0.3) is 0 Å². The lowest BCUT2D eigenvalue weighted by atomic mass is 10.2. The molecule has 0 aliphatic heterocycles. The molecule has 1 aromatic rings. The normalized spacial score (nSPS) is 12.4. The van der Waals surface area contributed by atoms with E-state index in [1.165, 1.54) is 0 Å². The highest BCUT2D eigenvalue weighted by Crippen LogP contribution is 2.03. The van der Waals surface area contributed by atoms with Crippen LogP contribution in [0, 0.1) is 0 Å². The number of benzene rings is 1. The van der Waals surface area contributed by atoms with Crippen LogP contribution < -0.4 is 5.32 Å². The summed E-state index contributed by atoms with van der Waals surface area (Å²) in [5, 5.41) is 3.32. The molecule has 0 aromatic heterocycles. The van der Waals surface area contributed by atoms with Gasteiger partial charge in [0, 0.05) is 19.6 Å². The van der Waals surface area contributed by atoms with Gasteiger partial charge >= 0.3 is 5.97 Å². The van der Waals surface area contributed by atoms with E-state index in [0.717, 1.165) is 26.2 Å². The predicted molar refractivity (Wildman–Crippen MR) is 82.0 cm³/mol. The minimum absolute atomic E-state index is 0.126. The molecular formula is C16H26N2O2. The summed E-state index contributed by atoms with van der Waals surface area (Å²) in [5.74, 6) is -0.261. The molecular weight excluding hydrogens is 252 g/mol. The highest BCUT2D eigenvalue weighted by molar-refractivity contribution is 5.89. The minimum atomic E-state index is -0.261. The fourth-order valence-electron chi connectivity index (χ4n) is 1.95. The molecule has 1 aromatic carbocycles. The maximum absolute atomic E-state index is 11.8. The first-order chi connectivity index (χ1) is 9.67. The third-order valence-corrected chi connectivity index (χ3v) is 3.25. The van der Waals surface area contributed by atoms with E-state index in [-0.39, 0.29) is 12.1 Å². The molecule has 112 valence electrons. The van der Waals surface area contributed by atoms with Crippen molar-refractivity contribution in [1.82, 2.24) is 10.2 Å². The van der Waals surface area contributed by atoms with E-state index in [0.29, 0.717) is 12.1 Å². The second-order valence-electron chi connectivity index (χ2n) is 4.81. The number of nitrogens with one attached hydrogen (secondary N) is 1. The monoisotopic (exact) mass is 278 g/mol. The number of carbonyl (C=O) groups is 1. The number of nitrogens with zero attached hydrogens (tertiary/aromatic N) is 1. The molecule has 0 heterocycles. The highest BCUT2D eigenvalue weighted by atomic mass is 16.5. The second-order valence-corrected chi connectivity index (χ2v) is 4.81. The SMILES string of the molecule is CCN(CC)CCNCC(C)OC(=O)c1ccccc1. The van der Waals surface area contributed by atoms with Gasteiger partial charge in [0.15, 0.2) is 0 Å². The maximum Gasteiger partial charge on any atom is 0.338 e. The lowest BCUT2D eigenvalue weighted by Gasteiger charge is -2.19. The van der Waals surface area contributed by atoms with Crippen molar-refractivity contribution in [1.29, 1.82) is 0 Å². The average molecular weight is 278 g/mol. The molecule has 0 bridgehead atoms. The molecule has 0 saturated heterocycles. The molecule has 0 aliphatic carbocycles. The predicted octanol–water partition coefficient (Wildman–Crippen LogP) is 2.16. The van der Waals surface area contributed by atoms with Crippen LogP contribution in [0.5, 0.6) is 0 Å². The molecule has 0 fully saturated rings. The van der Waals surface area contributed by atoms with Crippen LogP contribution in [-0.4, -0.2) is 49.7 Å². The molecule has 20 heavy (non-hydrogen) atoms. The Hall–Kier alpha value is -1.39. The Kier molecular flexibility index (Phi) is 7.92. The number of esters is 1. The van der Waals surface area contributed by atoms with Crippen LogP contribution in [0.15, 0.2) is 30.3 Å². The number of rotatable bonds is 9. The van der Waals surface area contributed by atoms with Gasteiger partial charge in [-0.15, -0.1) is 0 Å². The Morgan fingerprint density at radius 1 is 1.25 bits per heavy atom. The molecule has 1 N–H and O–H groups in total. The van der Waals surface area contributed by atoms with Crippen molar-refractivity contribution < 1.29 is 9.53 Å². The maximum atomic E-state index is 11.8. The molecule has 0 amide bonds. The Labute approximate surface area is 122 Å². The molecule has 1 rings (SSSR count). The molecule has 4 nitrogen and oxygen atoms in total. The van der Waals surface area contributed by atoms with Crippen molar-refractivity contribution in [2.24, 2.45) is 0 Å². The zero-order chi connectivity index (χ0) is 14.8. The van der Waals surface area contributed by atoms with Crippen LogP contribution in [0.4, 0.5) is 0 Å². The van der Waals surface area contributed by atoms with Gasteiger partial charge in [0.1, 0.15) is 6.10 Å². The van der Waals surface area contributed by atoms with Gasteiger partial charge in [0.25, 0.3) is 0 Å². The zero-order valence-corrected chi connectivity index (χ0v) is 12.8. The van der Waals surface area contributed by atoms with Crippen molar-refractivity contribution in [3.8, 4) is 0 Å².